The number of aromatic nitrogens is 1. The molecule has 1 aliphatic heterocycles. The van der Waals surface area contributed by atoms with Gasteiger partial charge in [0.2, 0.25) is 0 Å². The van der Waals surface area contributed by atoms with Gasteiger partial charge in [-0.3, -0.25) is 9.69 Å². The van der Waals surface area contributed by atoms with Crippen LogP contribution >= 0.6 is 0 Å². The third-order valence-electron chi connectivity index (χ3n) is 3.56. The van der Waals surface area contributed by atoms with E-state index in [0.29, 0.717) is 5.56 Å². The van der Waals surface area contributed by atoms with E-state index in [0.717, 1.165) is 38.5 Å². The number of anilines is 1. The Balaban J connectivity index is 1.94. The Hall–Kier alpha value is -1.66. The molecule has 1 saturated heterocycles. The first kappa shape index (κ1) is 13.8. The third kappa shape index (κ3) is 3.42. The predicted octanol–water partition coefficient (Wildman–Crippen LogP) is -2.44. The summed E-state index contributed by atoms with van der Waals surface area (Å²) in [5, 5.41) is 11.5. The summed E-state index contributed by atoms with van der Waals surface area (Å²) in [5.74, 6) is 0.954. The van der Waals surface area contributed by atoms with E-state index in [4.69, 9.17) is 5.11 Å². The fraction of sp³-hybridized carbons (Fsp3) is 0.538. The van der Waals surface area contributed by atoms with Gasteiger partial charge in [-0.05, 0) is 6.07 Å². The van der Waals surface area contributed by atoms with Crippen LogP contribution in [0, 0.1) is 0 Å². The van der Waals surface area contributed by atoms with E-state index in [1.54, 1.807) is 13.2 Å². The van der Waals surface area contributed by atoms with Crippen molar-refractivity contribution in [2.45, 2.75) is 0 Å². The van der Waals surface area contributed by atoms with E-state index in [1.807, 2.05) is 12.1 Å². The van der Waals surface area contributed by atoms with Crippen LogP contribution in [0.5, 0.6) is 0 Å². The first-order chi connectivity index (χ1) is 9.24. The summed E-state index contributed by atoms with van der Waals surface area (Å²) in [6.07, 6.45) is 1.74. The zero-order valence-electron chi connectivity index (χ0n) is 11.3. The van der Waals surface area contributed by atoms with E-state index < -0.39 is 0 Å². The second-order valence-corrected chi connectivity index (χ2v) is 4.75. The zero-order chi connectivity index (χ0) is 13.7. The molecule has 0 bridgehead atoms. The highest BCUT2D eigenvalue weighted by atomic mass is 16.3. The maximum Gasteiger partial charge on any atom is 0.274 e. The van der Waals surface area contributed by atoms with Gasteiger partial charge in [0.1, 0.15) is 38.9 Å². The molecule has 1 fully saturated rings. The minimum absolute atomic E-state index is 0.0833. The number of quaternary nitrogens is 1. The van der Waals surface area contributed by atoms with Crippen molar-refractivity contribution >= 4 is 11.7 Å². The largest absolute Gasteiger partial charge is 0.391 e. The summed E-state index contributed by atoms with van der Waals surface area (Å²) in [5.41, 5.74) is 0.635. The lowest BCUT2D eigenvalue weighted by molar-refractivity contribution is -0.901. The van der Waals surface area contributed by atoms with Crippen LogP contribution in [0.2, 0.25) is 0 Å². The number of carbonyl (C=O) groups is 1. The summed E-state index contributed by atoms with van der Waals surface area (Å²) in [7, 11) is 1.62. The van der Waals surface area contributed by atoms with Crippen molar-refractivity contribution in [1.29, 1.82) is 0 Å². The normalized spacial score (nSPS) is 16.4. The highest BCUT2D eigenvalue weighted by molar-refractivity contribution is 5.93. The van der Waals surface area contributed by atoms with Crippen LogP contribution in [0.4, 0.5) is 5.82 Å². The van der Waals surface area contributed by atoms with Gasteiger partial charge in [-0.25, -0.2) is 4.98 Å². The molecule has 2 heterocycles. The molecule has 0 unspecified atom stereocenters. The van der Waals surface area contributed by atoms with Gasteiger partial charge >= 0.3 is 0 Å². The SMILES string of the molecule is CNC(=O)c1ccc(N2CC[NH+](CCO)CC2)[nH+]c1. The molecule has 1 aromatic rings. The number of aromatic amines is 1. The number of hydrogen-bond donors (Lipinski definition) is 3. The van der Waals surface area contributed by atoms with Crippen LogP contribution in [-0.2, 0) is 0 Å². The highest BCUT2D eigenvalue weighted by Crippen LogP contribution is 2.07. The molecule has 1 amide bonds. The first-order valence-electron chi connectivity index (χ1n) is 6.68. The van der Waals surface area contributed by atoms with E-state index in [2.05, 4.69) is 15.2 Å². The highest BCUT2D eigenvalue weighted by Gasteiger charge is 2.25. The van der Waals surface area contributed by atoms with Gasteiger partial charge in [0.05, 0.1) is 12.2 Å². The molecule has 0 spiro atoms. The first-order valence-corrected chi connectivity index (χ1v) is 6.68. The number of aliphatic hydroxyl groups excluding tert-OH is 1. The van der Waals surface area contributed by atoms with E-state index in [1.165, 1.54) is 4.90 Å². The van der Waals surface area contributed by atoms with Crippen molar-refractivity contribution < 1.29 is 19.8 Å². The lowest BCUT2D eigenvalue weighted by atomic mass is 10.2. The molecule has 1 aliphatic rings. The molecule has 1 aromatic heterocycles. The number of aliphatic hydroxyl groups is 1. The Morgan fingerprint density at radius 1 is 1.47 bits per heavy atom. The number of amides is 1. The number of carbonyl (C=O) groups excluding carboxylic acids is 1. The van der Waals surface area contributed by atoms with E-state index in [-0.39, 0.29) is 12.5 Å². The van der Waals surface area contributed by atoms with E-state index in [9.17, 15) is 4.79 Å². The van der Waals surface area contributed by atoms with E-state index >= 15 is 0 Å². The van der Waals surface area contributed by atoms with Gasteiger partial charge in [-0.15, -0.1) is 0 Å². The molecule has 0 aromatic carbocycles. The monoisotopic (exact) mass is 266 g/mol. The minimum Gasteiger partial charge on any atom is -0.391 e. The molecule has 2 rings (SSSR count). The maximum atomic E-state index is 11.4. The number of pyridine rings is 1. The van der Waals surface area contributed by atoms with Gasteiger partial charge in [-0.1, -0.05) is 0 Å². The van der Waals surface area contributed by atoms with Crippen molar-refractivity contribution in [3.63, 3.8) is 0 Å². The number of H-pyrrole nitrogens is 1. The summed E-state index contributed by atoms with van der Waals surface area (Å²) in [4.78, 5) is 18.3. The quantitative estimate of drug-likeness (QED) is 0.567. The van der Waals surface area contributed by atoms with Crippen LogP contribution in [0.3, 0.4) is 0 Å². The van der Waals surface area contributed by atoms with Gasteiger partial charge in [0.25, 0.3) is 11.7 Å². The smallest absolute Gasteiger partial charge is 0.274 e. The summed E-state index contributed by atoms with van der Waals surface area (Å²) in [6.45, 7) is 5.07. The number of nitrogens with zero attached hydrogens (tertiary/aromatic N) is 1. The third-order valence-corrected chi connectivity index (χ3v) is 3.56. The second-order valence-electron chi connectivity index (χ2n) is 4.75. The van der Waals surface area contributed by atoms with Crippen molar-refractivity contribution in [3.8, 4) is 0 Å². The average molecular weight is 266 g/mol. The lowest BCUT2D eigenvalue weighted by Gasteiger charge is -2.27. The fourth-order valence-corrected chi connectivity index (χ4v) is 2.37. The van der Waals surface area contributed by atoms with Crippen molar-refractivity contribution in [3.05, 3.63) is 23.9 Å². The Morgan fingerprint density at radius 2 is 2.21 bits per heavy atom. The predicted molar refractivity (Wildman–Crippen MR) is 71.3 cm³/mol. The number of rotatable bonds is 4. The average Bonchev–Trinajstić information content (AvgIpc) is 2.48. The van der Waals surface area contributed by atoms with Gasteiger partial charge in [0.15, 0.2) is 0 Å². The second kappa shape index (κ2) is 6.49. The molecule has 0 saturated carbocycles. The summed E-state index contributed by atoms with van der Waals surface area (Å²) in [6, 6.07) is 3.78. The number of nitrogens with one attached hydrogen (secondary N) is 3. The summed E-state index contributed by atoms with van der Waals surface area (Å²) >= 11 is 0. The molecule has 6 nitrogen and oxygen atoms in total. The Kier molecular flexibility index (Phi) is 4.70. The minimum atomic E-state index is -0.0833. The van der Waals surface area contributed by atoms with Crippen LogP contribution < -0.4 is 20.1 Å². The standard InChI is InChI=1S/C13H20N4O2/c1-14-13(19)11-2-3-12(15-10-11)17-6-4-16(5-7-17)8-9-18/h2-3,10,18H,4-9H2,1H3,(H,14,19)/p+2. The number of piperazine rings is 1. The zero-order valence-corrected chi connectivity index (χ0v) is 11.3. The van der Waals surface area contributed by atoms with Crippen molar-refractivity contribution in [2.75, 3.05) is 51.3 Å². The fourth-order valence-electron chi connectivity index (χ4n) is 2.37. The Morgan fingerprint density at radius 3 is 2.74 bits per heavy atom. The molecular weight excluding hydrogens is 244 g/mol. The van der Waals surface area contributed by atoms with Crippen LogP contribution in [-0.4, -0.2) is 57.4 Å². The molecule has 4 N–H and O–H groups in total. The molecule has 6 heteroatoms. The van der Waals surface area contributed by atoms with Crippen molar-refractivity contribution in [2.24, 2.45) is 0 Å². The Bertz CT molecular complexity index is 413. The summed E-state index contributed by atoms with van der Waals surface area (Å²) < 4.78 is 0. The van der Waals surface area contributed by atoms with Gasteiger partial charge in [0, 0.05) is 13.1 Å². The van der Waals surface area contributed by atoms with Crippen LogP contribution in [0.25, 0.3) is 0 Å². The molecule has 0 aliphatic carbocycles. The molecule has 0 radical (unpaired) electrons. The lowest BCUT2D eigenvalue weighted by Crippen LogP contribution is -3.15. The van der Waals surface area contributed by atoms with Gasteiger partial charge in [-0.2, -0.15) is 0 Å². The number of hydrogen-bond acceptors (Lipinski definition) is 3. The van der Waals surface area contributed by atoms with Crippen LogP contribution in [0.1, 0.15) is 10.4 Å². The van der Waals surface area contributed by atoms with Gasteiger partial charge < -0.3 is 15.3 Å². The van der Waals surface area contributed by atoms with Crippen LogP contribution in [0.15, 0.2) is 18.3 Å². The molecule has 19 heavy (non-hydrogen) atoms. The topological polar surface area (TPSA) is 71.2 Å². The molecule has 104 valence electrons. The molecular formula is C13H22N4O2+2. The molecule has 0 atom stereocenters. The van der Waals surface area contributed by atoms with Crippen molar-refractivity contribution in [1.82, 2.24) is 5.32 Å². The Labute approximate surface area is 113 Å². The maximum absolute atomic E-state index is 11.4.